The van der Waals surface area contributed by atoms with Crippen LogP contribution in [0.5, 0.6) is 0 Å². The first-order valence-corrected chi connectivity index (χ1v) is 6.68. The topological polar surface area (TPSA) is 29.3 Å². The Bertz CT molecular complexity index is 531. The summed E-state index contributed by atoms with van der Waals surface area (Å²) in [5, 5.41) is 0. The summed E-state index contributed by atoms with van der Waals surface area (Å²) in [6.07, 6.45) is 0. The third kappa shape index (κ3) is 2.96. The molecular formula is C17H22N2. The minimum absolute atomic E-state index is 0.212. The van der Waals surface area contributed by atoms with Crippen molar-refractivity contribution in [1.29, 1.82) is 0 Å². The lowest BCUT2D eigenvalue weighted by Crippen LogP contribution is -2.30. The van der Waals surface area contributed by atoms with Crippen LogP contribution in [0.4, 0.5) is 5.69 Å². The Kier molecular flexibility index (Phi) is 4.23. The average molecular weight is 254 g/mol. The molecule has 0 fully saturated rings. The molecule has 2 rings (SSSR count). The maximum Gasteiger partial charge on any atom is 0.0664 e. The van der Waals surface area contributed by atoms with E-state index in [0.29, 0.717) is 6.54 Å². The molecule has 0 aliphatic heterocycles. The minimum Gasteiger partial charge on any atom is -0.366 e. The van der Waals surface area contributed by atoms with Crippen LogP contribution in [0.1, 0.15) is 22.7 Å². The van der Waals surface area contributed by atoms with Gasteiger partial charge >= 0.3 is 0 Å². The average Bonchev–Trinajstić information content (AvgIpc) is 2.42. The highest BCUT2D eigenvalue weighted by molar-refractivity contribution is 5.50. The van der Waals surface area contributed by atoms with Crippen LogP contribution < -0.4 is 10.6 Å². The Morgan fingerprint density at radius 2 is 1.63 bits per heavy atom. The molecule has 0 amide bonds. The van der Waals surface area contributed by atoms with Crippen molar-refractivity contribution in [1.82, 2.24) is 0 Å². The van der Waals surface area contributed by atoms with E-state index in [-0.39, 0.29) is 6.04 Å². The van der Waals surface area contributed by atoms with Gasteiger partial charge in [0, 0.05) is 19.3 Å². The van der Waals surface area contributed by atoms with Crippen molar-refractivity contribution < 1.29 is 0 Å². The zero-order chi connectivity index (χ0) is 13.8. The summed E-state index contributed by atoms with van der Waals surface area (Å²) in [4.78, 5) is 2.25. The molecule has 0 aromatic heterocycles. The number of hydrogen-bond donors (Lipinski definition) is 1. The van der Waals surface area contributed by atoms with E-state index in [9.17, 15) is 0 Å². The third-order valence-electron chi connectivity index (χ3n) is 3.68. The second-order valence-electron chi connectivity index (χ2n) is 5.05. The van der Waals surface area contributed by atoms with Gasteiger partial charge in [0.2, 0.25) is 0 Å². The Morgan fingerprint density at radius 3 is 2.21 bits per heavy atom. The molecule has 2 heteroatoms. The van der Waals surface area contributed by atoms with E-state index < -0.39 is 0 Å². The van der Waals surface area contributed by atoms with Crippen LogP contribution in [-0.4, -0.2) is 13.6 Å². The van der Waals surface area contributed by atoms with Crippen molar-refractivity contribution >= 4 is 5.69 Å². The largest absolute Gasteiger partial charge is 0.366 e. The molecule has 19 heavy (non-hydrogen) atoms. The summed E-state index contributed by atoms with van der Waals surface area (Å²) in [6, 6.07) is 17.2. The van der Waals surface area contributed by atoms with Crippen LogP contribution in [0.15, 0.2) is 48.5 Å². The van der Waals surface area contributed by atoms with Gasteiger partial charge in [0.25, 0.3) is 0 Å². The number of nitrogens with zero attached hydrogens (tertiary/aromatic N) is 1. The van der Waals surface area contributed by atoms with Crippen molar-refractivity contribution in [2.75, 3.05) is 18.5 Å². The van der Waals surface area contributed by atoms with Crippen molar-refractivity contribution in [3.63, 3.8) is 0 Å². The van der Waals surface area contributed by atoms with E-state index in [1.54, 1.807) is 0 Å². The van der Waals surface area contributed by atoms with Crippen molar-refractivity contribution in [3.8, 4) is 0 Å². The molecule has 0 heterocycles. The lowest BCUT2D eigenvalue weighted by atomic mass is 10.00. The summed E-state index contributed by atoms with van der Waals surface area (Å²) < 4.78 is 0. The SMILES string of the molecule is Cc1ccc(N(C)C(CN)c2ccccc2C)cc1. The molecule has 0 aliphatic carbocycles. The molecule has 2 aromatic carbocycles. The fourth-order valence-electron chi connectivity index (χ4n) is 2.41. The van der Waals surface area contributed by atoms with Gasteiger partial charge in [-0.3, -0.25) is 0 Å². The normalized spacial score (nSPS) is 12.2. The Morgan fingerprint density at radius 1 is 1.00 bits per heavy atom. The monoisotopic (exact) mass is 254 g/mol. The van der Waals surface area contributed by atoms with Gasteiger partial charge < -0.3 is 10.6 Å². The van der Waals surface area contributed by atoms with Crippen molar-refractivity contribution in [3.05, 3.63) is 65.2 Å². The number of likely N-dealkylation sites (N-methyl/N-ethyl adjacent to an activating group) is 1. The molecule has 0 saturated carbocycles. The zero-order valence-electron chi connectivity index (χ0n) is 11.9. The summed E-state index contributed by atoms with van der Waals surface area (Å²) in [5.41, 5.74) is 11.1. The van der Waals surface area contributed by atoms with Crippen molar-refractivity contribution in [2.45, 2.75) is 19.9 Å². The molecule has 0 aliphatic rings. The summed E-state index contributed by atoms with van der Waals surface area (Å²) in [5.74, 6) is 0. The molecular weight excluding hydrogens is 232 g/mol. The maximum atomic E-state index is 6.00. The standard InChI is InChI=1S/C17H22N2/c1-13-8-10-15(11-9-13)19(3)17(12-18)16-7-5-4-6-14(16)2/h4-11,17H,12,18H2,1-3H3. The lowest BCUT2D eigenvalue weighted by Gasteiger charge is -2.30. The highest BCUT2D eigenvalue weighted by Crippen LogP contribution is 2.27. The van der Waals surface area contributed by atoms with Gasteiger partial charge in [-0.25, -0.2) is 0 Å². The molecule has 1 atom stereocenters. The smallest absolute Gasteiger partial charge is 0.0664 e. The quantitative estimate of drug-likeness (QED) is 0.905. The highest BCUT2D eigenvalue weighted by Gasteiger charge is 2.17. The van der Waals surface area contributed by atoms with Gasteiger partial charge in [-0.15, -0.1) is 0 Å². The summed E-state index contributed by atoms with van der Waals surface area (Å²) in [7, 11) is 2.11. The first kappa shape index (κ1) is 13.6. The number of nitrogens with two attached hydrogens (primary N) is 1. The molecule has 2 nitrogen and oxygen atoms in total. The molecule has 2 aromatic rings. The molecule has 2 N–H and O–H groups in total. The fraction of sp³-hybridized carbons (Fsp3) is 0.294. The molecule has 100 valence electrons. The predicted octanol–water partition coefficient (Wildman–Crippen LogP) is 3.44. The van der Waals surface area contributed by atoms with Crippen LogP contribution in [0.3, 0.4) is 0 Å². The van der Waals surface area contributed by atoms with Gasteiger partial charge in [0.1, 0.15) is 0 Å². The lowest BCUT2D eigenvalue weighted by molar-refractivity contribution is 0.676. The highest BCUT2D eigenvalue weighted by atomic mass is 15.1. The minimum atomic E-state index is 0.212. The summed E-state index contributed by atoms with van der Waals surface area (Å²) >= 11 is 0. The first-order valence-electron chi connectivity index (χ1n) is 6.68. The molecule has 0 radical (unpaired) electrons. The van der Waals surface area contributed by atoms with Crippen molar-refractivity contribution in [2.24, 2.45) is 5.73 Å². The van der Waals surface area contributed by atoms with Gasteiger partial charge in [0.05, 0.1) is 6.04 Å². The Hall–Kier alpha value is -1.80. The van der Waals surface area contributed by atoms with E-state index >= 15 is 0 Å². The van der Waals surface area contributed by atoms with Crippen LogP contribution in [0.2, 0.25) is 0 Å². The Balaban J connectivity index is 2.32. The van der Waals surface area contributed by atoms with E-state index in [1.165, 1.54) is 22.4 Å². The second-order valence-corrected chi connectivity index (χ2v) is 5.05. The van der Waals surface area contributed by atoms with Gasteiger partial charge in [0.15, 0.2) is 0 Å². The first-order chi connectivity index (χ1) is 9.13. The zero-order valence-corrected chi connectivity index (χ0v) is 11.9. The fourth-order valence-corrected chi connectivity index (χ4v) is 2.41. The molecule has 0 bridgehead atoms. The molecule has 0 spiro atoms. The van der Waals surface area contributed by atoms with E-state index in [4.69, 9.17) is 5.73 Å². The van der Waals surface area contributed by atoms with Crippen LogP contribution in [-0.2, 0) is 0 Å². The van der Waals surface area contributed by atoms with Crippen LogP contribution in [0, 0.1) is 13.8 Å². The summed E-state index contributed by atoms with van der Waals surface area (Å²) in [6.45, 7) is 4.85. The predicted molar refractivity (Wildman–Crippen MR) is 82.6 cm³/mol. The van der Waals surface area contributed by atoms with Crippen LogP contribution in [0.25, 0.3) is 0 Å². The van der Waals surface area contributed by atoms with Gasteiger partial charge in [-0.2, -0.15) is 0 Å². The Labute approximate surface area is 115 Å². The third-order valence-corrected chi connectivity index (χ3v) is 3.68. The number of benzene rings is 2. The van der Waals surface area contributed by atoms with E-state index in [1.807, 2.05) is 0 Å². The number of aryl methyl sites for hydroxylation is 2. The second kappa shape index (κ2) is 5.89. The number of rotatable bonds is 4. The van der Waals surface area contributed by atoms with Gasteiger partial charge in [-0.1, -0.05) is 42.0 Å². The molecule has 0 saturated heterocycles. The molecule has 1 unspecified atom stereocenters. The van der Waals surface area contributed by atoms with E-state index in [2.05, 4.69) is 74.3 Å². The van der Waals surface area contributed by atoms with E-state index in [0.717, 1.165) is 0 Å². The maximum absolute atomic E-state index is 6.00. The number of hydrogen-bond acceptors (Lipinski definition) is 2. The number of anilines is 1. The van der Waals surface area contributed by atoms with Crippen LogP contribution >= 0.6 is 0 Å². The van der Waals surface area contributed by atoms with Gasteiger partial charge in [-0.05, 0) is 37.1 Å².